The van der Waals surface area contributed by atoms with Crippen LogP contribution in [0.2, 0.25) is 0 Å². The van der Waals surface area contributed by atoms with Gasteiger partial charge in [0.15, 0.2) is 0 Å². The van der Waals surface area contributed by atoms with Gasteiger partial charge in [0.1, 0.15) is 0 Å². The molecule has 0 aromatic heterocycles. The first-order chi connectivity index (χ1) is 9.11. The molecule has 11 heteroatoms. The molecule has 2 aromatic rings. The van der Waals surface area contributed by atoms with Crippen LogP contribution in [0.3, 0.4) is 0 Å². The summed E-state index contributed by atoms with van der Waals surface area (Å²) < 4.78 is 14.0. The second kappa shape index (κ2) is 12.9. The third-order valence-electron chi connectivity index (χ3n) is 1.93. The number of hydrogen-bond donors (Lipinski definition) is 0. The van der Waals surface area contributed by atoms with Crippen LogP contribution in [0.15, 0.2) is 0 Å². The SMILES string of the molecule is Ic1c(I)c(I)[c-](I)c1I.Ic1c(I)c(I)[c-](I)c1I.[Fe+2]. The van der Waals surface area contributed by atoms with Gasteiger partial charge >= 0.3 is 17.1 Å². The van der Waals surface area contributed by atoms with Gasteiger partial charge in [0.2, 0.25) is 0 Å². The standard InChI is InChI=1S/2C5I5.Fe/c2*6-1-2(7)4(9)5(10)3(1)8;/q2*-1;+2. The zero-order chi connectivity index (χ0) is 15.8. The van der Waals surface area contributed by atoms with E-state index in [0.29, 0.717) is 0 Å². The quantitative estimate of drug-likeness (QED) is 0.141. The van der Waals surface area contributed by atoms with E-state index in [2.05, 4.69) is 226 Å². The van der Waals surface area contributed by atoms with Crippen LogP contribution in [0.4, 0.5) is 0 Å². The van der Waals surface area contributed by atoms with Gasteiger partial charge in [0.25, 0.3) is 0 Å². The molecule has 0 unspecified atom stereocenters. The minimum Gasteiger partial charge on any atom is -0.140 e. The Hall–Kier alpha value is 6.52. The molecule has 2 aromatic carbocycles. The van der Waals surface area contributed by atoms with Crippen LogP contribution in [0, 0.1) is 35.7 Å². The van der Waals surface area contributed by atoms with Crippen molar-refractivity contribution in [2.75, 3.05) is 0 Å². The van der Waals surface area contributed by atoms with E-state index < -0.39 is 0 Å². The van der Waals surface area contributed by atoms with Gasteiger partial charge in [-0.05, 0) is 0 Å². The Labute approximate surface area is 271 Å². The molecule has 0 aliphatic carbocycles. The van der Waals surface area contributed by atoms with E-state index in [0.717, 1.165) is 0 Å². The number of rotatable bonds is 0. The van der Waals surface area contributed by atoms with Gasteiger partial charge in [0.05, 0.1) is 0 Å². The summed E-state index contributed by atoms with van der Waals surface area (Å²) >= 11 is 23.9. The molecule has 0 fully saturated rings. The fourth-order valence-corrected chi connectivity index (χ4v) is 11.5. The molecule has 0 nitrogen and oxygen atoms in total. The molecule has 21 heavy (non-hydrogen) atoms. The summed E-state index contributed by atoms with van der Waals surface area (Å²) in [6, 6.07) is 0. The zero-order valence-electron chi connectivity index (χ0n) is 9.13. The van der Waals surface area contributed by atoms with E-state index in [-0.39, 0.29) is 17.1 Å². The van der Waals surface area contributed by atoms with Crippen LogP contribution in [-0.2, 0) is 17.1 Å². The summed E-state index contributed by atoms with van der Waals surface area (Å²) in [5, 5.41) is 0. The van der Waals surface area contributed by atoms with Crippen LogP contribution in [0.25, 0.3) is 0 Å². The average Bonchev–Trinajstić information content (AvgIpc) is 2.71. The van der Waals surface area contributed by atoms with E-state index in [9.17, 15) is 0 Å². The molecular weight excluding hydrogens is 1440 g/mol. The van der Waals surface area contributed by atoms with Crippen molar-refractivity contribution >= 4 is 226 Å². The minimum absolute atomic E-state index is 0. The molecule has 0 bridgehead atoms. The summed E-state index contributed by atoms with van der Waals surface area (Å²) in [5.74, 6) is 0. The topological polar surface area (TPSA) is 0 Å². The van der Waals surface area contributed by atoms with E-state index >= 15 is 0 Å². The Balaban J connectivity index is 0.000000364. The molecule has 0 spiro atoms. The van der Waals surface area contributed by atoms with Crippen LogP contribution in [0.5, 0.6) is 0 Å². The van der Waals surface area contributed by atoms with Crippen molar-refractivity contribution in [1.29, 1.82) is 0 Å². The Bertz CT molecular complexity index is 424. The van der Waals surface area contributed by atoms with Gasteiger partial charge in [-0.3, -0.25) is 0 Å². The van der Waals surface area contributed by atoms with Crippen molar-refractivity contribution < 1.29 is 17.1 Å². The van der Waals surface area contributed by atoms with Crippen LogP contribution in [0.1, 0.15) is 0 Å². The summed E-state index contributed by atoms with van der Waals surface area (Å²) in [4.78, 5) is 0. The van der Waals surface area contributed by atoms with Gasteiger partial charge in [-0.15, -0.1) is 150 Å². The van der Waals surface area contributed by atoms with Gasteiger partial charge in [-0.1, -0.05) is 112 Å². The Morgan fingerprint density at radius 2 is 0.571 bits per heavy atom. The first-order valence-corrected chi connectivity index (χ1v) is 15.2. The molecule has 0 aliphatic heterocycles. The molecule has 0 saturated heterocycles. The summed E-state index contributed by atoms with van der Waals surface area (Å²) in [6.07, 6.45) is 0. The molecular formula is C10FeI10. The van der Waals surface area contributed by atoms with Crippen LogP contribution >= 0.6 is 226 Å². The van der Waals surface area contributed by atoms with Gasteiger partial charge < -0.3 is 0 Å². The first-order valence-electron chi connectivity index (χ1n) is 4.39. The average molecular weight is 1440 g/mol. The summed E-state index contributed by atoms with van der Waals surface area (Å²) in [5.41, 5.74) is 0. The molecule has 0 N–H and O–H groups in total. The molecule has 0 heterocycles. The van der Waals surface area contributed by atoms with Gasteiger partial charge in [-0.25, -0.2) is 0 Å². The van der Waals surface area contributed by atoms with E-state index in [1.807, 2.05) is 0 Å². The molecule has 118 valence electrons. The van der Waals surface area contributed by atoms with Crippen molar-refractivity contribution in [3.8, 4) is 0 Å². The normalized spacial score (nSPS) is 10.0. The smallest absolute Gasteiger partial charge is 0.140 e. The van der Waals surface area contributed by atoms with Crippen molar-refractivity contribution in [1.82, 2.24) is 0 Å². The second-order valence-corrected chi connectivity index (χ2v) is 13.9. The minimum atomic E-state index is 0. The Kier molecular flexibility index (Phi) is 17.0. The molecule has 0 amide bonds. The van der Waals surface area contributed by atoms with E-state index in [4.69, 9.17) is 0 Å². The maximum atomic E-state index is 2.39. The molecule has 0 aliphatic rings. The van der Waals surface area contributed by atoms with Crippen LogP contribution < -0.4 is 0 Å². The Morgan fingerprint density at radius 1 is 0.429 bits per heavy atom. The fourth-order valence-electron chi connectivity index (χ4n) is 0.964. The predicted molar refractivity (Wildman–Crippen MR) is 171 cm³/mol. The van der Waals surface area contributed by atoms with Crippen molar-refractivity contribution in [3.05, 3.63) is 35.7 Å². The van der Waals surface area contributed by atoms with Gasteiger partial charge in [0, 0.05) is 0 Å². The zero-order valence-corrected chi connectivity index (χ0v) is 31.8. The van der Waals surface area contributed by atoms with Crippen molar-refractivity contribution in [2.24, 2.45) is 0 Å². The largest absolute Gasteiger partial charge is 2.00 e. The molecule has 0 atom stereocenters. The first kappa shape index (κ1) is 27.5. The summed E-state index contributed by atoms with van der Waals surface area (Å²) in [6.45, 7) is 0. The molecule has 0 saturated carbocycles. The van der Waals surface area contributed by atoms with Crippen molar-refractivity contribution in [2.45, 2.75) is 0 Å². The van der Waals surface area contributed by atoms with E-state index in [1.54, 1.807) is 0 Å². The Morgan fingerprint density at radius 3 is 0.619 bits per heavy atom. The number of halogens is 10. The predicted octanol–water partition coefficient (Wildman–Crippen LogP) is 8.85. The second-order valence-electron chi connectivity index (χ2n) is 3.14. The van der Waals surface area contributed by atoms with E-state index in [1.165, 1.54) is 35.7 Å². The third-order valence-corrected chi connectivity index (χ3v) is 23.0. The third kappa shape index (κ3) is 7.37. The summed E-state index contributed by atoms with van der Waals surface area (Å²) in [7, 11) is 0. The number of hydrogen-bond acceptors (Lipinski definition) is 0. The van der Waals surface area contributed by atoms with Crippen molar-refractivity contribution in [3.63, 3.8) is 0 Å². The van der Waals surface area contributed by atoms with Crippen LogP contribution in [-0.4, -0.2) is 0 Å². The maximum absolute atomic E-state index is 2.39. The fraction of sp³-hybridized carbons (Fsp3) is 0. The maximum Gasteiger partial charge on any atom is 2.00 e. The monoisotopic (exact) mass is 1440 g/mol. The molecule has 0 radical (unpaired) electrons. The van der Waals surface area contributed by atoms with Gasteiger partial charge in [-0.2, -0.15) is 0 Å². The molecule has 2 rings (SSSR count).